The van der Waals surface area contributed by atoms with Gasteiger partial charge in [0.2, 0.25) is 0 Å². The molecule has 1 aliphatic heterocycles. The number of nitrogens with one attached hydrogen (secondary N) is 1. The molecule has 0 spiro atoms. The third-order valence-corrected chi connectivity index (χ3v) is 5.88. The van der Waals surface area contributed by atoms with E-state index in [-0.39, 0.29) is 5.56 Å². The van der Waals surface area contributed by atoms with Crippen LogP contribution in [0, 0.1) is 0 Å². The lowest BCUT2D eigenvalue weighted by atomic mass is 9.89. The molecule has 25 heavy (non-hydrogen) atoms. The van der Waals surface area contributed by atoms with Crippen LogP contribution in [0.1, 0.15) is 51.7 Å². The number of nitrogens with zero attached hydrogens (tertiary/aromatic N) is 2. The summed E-state index contributed by atoms with van der Waals surface area (Å²) in [6.07, 6.45) is 4.27. The molecule has 1 N–H and O–H groups in total. The Bertz CT molecular complexity index is 866. The number of H-pyrrole nitrogens is 1. The molecule has 0 amide bonds. The van der Waals surface area contributed by atoms with Gasteiger partial charge in [-0.15, -0.1) is 0 Å². The third-order valence-electron chi connectivity index (χ3n) is 5.88. The maximum Gasteiger partial charge on any atom is 0.251 e. The van der Waals surface area contributed by atoms with Gasteiger partial charge < -0.3 is 14.8 Å². The van der Waals surface area contributed by atoms with E-state index in [1.54, 1.807) is 0 Å². The highest BCUT2D eigenvalue weighted by atomic mass is 16.1. The van der Waals surface area contributed by atoms with Gasteiger partial charge in [0.1, 0.15) is 0 Å². The summed E-state index contributed by atoms with van der Waals surface area (Å²) in [4.78, 5) is 20.7. The summed E-state index contributed by atoms with van der Waals surface area (Å²) < 4.78 is 0. The van der Waals surface area contributed by atoms with Crippen LogP contribution in [0.4, 0.5) is 11.4 Å². The predicted molar refractivity (Wildman–Crippen MR) is 106 cm³/mol. The fourth-order valence-corrected chi connectivity index (χ4v) is 4.57. The molecular weight excluding hydrogens is 310 g/mol. The van der Waals surface area contributed by atoms with Gasteiger partial charge in [-0.2, -0.15) is 0 Å². The van der Waals surface area contributed by atoms with Crippen LogP contribution in [0.15, 0.2) is 16.9 Å². The van der Waals surface area contributed by atoms with E-state index in [4.69, 9.17) is 0 Å². The summed E-state index contributed by atoms with van der Waals surface area (Å²) in [5.74, 6) is 0. The lowest BCUT2D eigenvalue weighted by Gasteiger charge is -2.43. The molecule has 0 unspecified atom stereocenters. The van der Waals surface area contributed by atoms with Gasteiger partial charge in [0.15, 0.2) is 0 Å². The Morgan fingerprint density at radius 1 is 0.880 bits per heavy atom. The Hall–Kier alpha value is -1.97. The number of aromatic amines is 1. The monoisotopic (exact) mass is 339 g/mol. The molecule has 4 nitrogen and oxygen atoms in total. The molecule has 4 heteroatoms. The highest BCUT2D eigenvalue weighted by Crippen LogP contribution is 2.40. The molecule has 2 aromatic rings. The minimum atomic E-state index is 0.120. The molecule has 4 rings (SSSR count). The van der Waals surface area contributed by atoms with Gasteiger partial charge in [-0.05, 0) is 71.1 Å². The predicted octanol–water partition coefficient (Wildman–Crippen LogP) is 3.85. The van der Waals surface area contributed by atoms with Gasteiger partial charge >= 0.3 is 0 Å². The van der Waals surface area contributed by atoms with Crippen LogP contribution in [0.5, 0.6) is 0 Å². The highest BCUT2D eigenvalue weighted by Gasteiger charge is 2.27. The fraction of sp³-hybridized carbons (Fsp3) is 0.571. The number of hydrogen-bond acceptors (Lipinski definition) is 3. The normalized spacial score (nSPS) is 17.4. The van der Waals surface area contributed by atoms with E-state index < -0.39 is 0 Å². The number of aryl methyl sites for hydroxylation is 1. The Kier molecular flexibility index (Phi) is 4.01. The Morgan fingerprint density at radius 3 is 2.04 bits per heavy atom. The maximum atomic E-state index is 12.6. The molecule has 1 aliphatic carbocycles. The van der Waals surface area contributed by atoms with Crippen molar-refractivity contribution in [3.63, 3.8) is 0 Å². The zero-order valence-corrected chi connectivity index (χ0v) is 15.9. The molecule has 0 radical (unpaired) electrons. The first kappa shape index (κ1) is 16.5. The summed E-state index contributed by atoms with van der Waals surface area (Å²) in [6.45, 7) is 11.1. The van der Waals surface area contributed by atoms with E-state index >= 15 is 0 Å². The Balaban J connectivity index is 2.00. The molecule has 2 heterocycles. The minimum absolute atomic E-state index is 0.120. The summed E-state index contributed by atoms with van der Waals surface area (Å²) >= 11 is 0. The standard InChI is InChI=1S/C21H29N3O/c1-13(2)23-9-10-24(14(3)4)20-12-18-17(11-19(20)23)15-7-5-6-8-16(15)21(25)22-18/h11-14H,5-10H2,1-4H3,(H,22,25). The largest absolute Gasteiger partial charge is 0.366 e. The quantitative estimate of drug-likeness (QED) is 0.903. The van der Waals surface area contributed by atoms with Crippen molar-refractivity contribution in [2.75, 3.05) is 22.9 Å². The van der Waals surface area contributed by atoms with E-state index in [2.05, 4.69) is 54.6 Å². The topological polar surface area (TPSA) is 39.3 Å². The lowest BCUT2D eigenvalue weighted by Crippen LogP contribution is -2.46. The average Bonchev–Trinajstić information content (AvgIpc) is 2.59. The molecule has 2 aliphatic rings. The van der Waals surface area contributed by atoms with Crippen LogP contribution in [-0.4, -0.2) is 30.2 Å². The molecule has 1 aromatic heterocycles. The van der Waals surface area contributed by atoms with E-state index in [0.717, 1.165) is 43.4 Å². The molecule has 1 aromatic carbocycles. The highest BCUT2D eigenvalue weighted by molar-refractivity contribution is 5.94. The summed E-state index contributed by atoms with van der Waals surface area (Å²) in [7, 11) is 0. The van der Waals surface area contributed by atoms with Gasteiger partial charge in [-0.3, -0.25) is 4.79 Å². The van der Waals surface area contributed by atoms with Crippen molar-refractivity contribution >= 4 is 22.3 Å². The first-order valence-electron chi connectivity index (χ1n) is 9.72. The van der Waals surface area contributed by atoms with Gasteiger partial charge in [-0.1, -0.05) is 0 Å². The summed E-state index contributed by atoms with van der Waals surface area (Å²) in [5, 5.41) is 1.25. The number of fused-ring (bicyclic) bond motifs is 4. The number of hydrogen-bond donors (Lipinski definition) is 1. The number of rotatable bonds is 2. The van der Waals surface area contributed by atoms with E-state index in [1.165, 1.54) is 28.7 Å². The van der Waals surface area contributed by atoms with Crippen molar-refractivity contribution < 1.29 is 0 Å². The molecule has 0 atom stereocenters. The van der Waals surface area contributed by atoms with Crippen molar-refractivity contribution in [3.8, 4) is 0 Å². The molecule has 0 saturated carbocycles. The van der Waals surface area contributed by atoms with Crippen LogP contribution in [0.25, 0.3) is 10.9 Å². The summed E-state index contributed by atoms with van der Waals surface area (Å²) in [6, 6.07) is 5.49. The SMILES string of the molecule is CC(C)N1CCN(C(C)C)c2cc3c4c(c(=O)[nH]c3cc21)CCCC4. The molecule has 0 bridgehead atoms. The smallest absolute Gasteiger partial charge is 0.251 e. The third kappa shape index (κ3) is 2.62. The van der Waals surface area contributed by atoms with Crippen molar-refractivity contribution in [3.05, 3.63) is 33.6 Å². The zero-order chi connectivity index (χ0) is 17.7. The van der Waals surface area contributed by atoms with Gasteiger partial charge in [0.05, 0.1) is 16.9 Å². The maximum absolute atomic E-state index is 12.6. The number of benzene rings is 1. The van der Waals surface area contributed by atoms with Gasteiger partial charge in [-0.25, -0.2) is 0 Å². The number of pyridine rings is 1. The Morgan fingerprint density at radius 2 is 1.44 bits per heavy atom. The van der Waals surface area contributed by atoms with Crippen LogP contribution in [0.2, 0.25) is 0 Å². The minimum Gasteiger partial charge on any atom is -0.366 e. The van der Waals surface area contributed by atoms with Crippen molar-refractivity contribution in [1.29, 1.82) is 0 Å². The van der Waals surface area contributed by atoms with Crippen molar-refractivity contribution in [2.24, 2.45) is 0 Å². The van der Waals surface area contributed by atoms with Crippen LogP contribution in [-0.2, 0) is 12.8 Å². The first-order valence-corrected chi connectivity index (χ1v) is 9.72. The van der Waals surface area contributed by atoms with E-state index in [9.17, 15) is 4.79 Å². The van der Waals surface area contributed by atoms with Crippen LogP contribution >= 0.6 is 0 Å². The second kappa shape index (κ2) is 6.08. The van der Waals surface area contributed by atoms with Gasteiger partial charge in [0.25, 0.3) is 5.56 Å². The fourth-order valence-electron chi connectivity index (χ4n) is 4.57. The first-order chi connectivity index (χ1) is 12.0. The van der Waals surface area contributed by atoms with Crippen LogP contribution < -0.4 is 15.4 Å². The van der Waals surface area contributed by atoms with E-state index in [1.807, 2.05) is 0 Å². The van der Waals surface area contributed by atoms with Crippen molar-refractivity contribution in [2.45, 2.75) is 65.5 Å². The van der Waals surface area contributed by atoms with Gasteiger partial charge in [0, 0.05) is 36.1 Å². The summed E-state index contributed by atoms with van der Waals surface area (Å²) in [5.41, 5.74) is 6.01. The van der Waals surface area contributed by atoms with Crippen LogP contribution in [0.3, 0.4) is 0 Å². The van der Waals surface area contributed by atoms with Crippen molar-refractivity contribution in [1.82, 2.24) is 4.98 Å². The second-order valence-electron chi connectivity index (χ2n) is 8.08. The Labute approximate surface area is 149 Å². The molecule has 0 fully saturated rings. The van der Waals surface area contributed by atoms with E-state index in [0.29, 0.717) is 12.1 Å². The molecular formula is C21H29N3O. The molecule has 134 valence electrons. The average molecular weight is 339 g/mol. The number of aromatic nitrogens is 1. The molecule has 0 saturated heterocycles. The second-order valence-corrected chi connectivity index (χ2v) is 8.08. The zero-order valence-electron chi connectivity index (χ0n) is 15.9. The lowest BCUT2D eigenvalue weighted by molar-refractivity contribution is 0.603. The number of anilines is 2.